The Morgan fingerprint density at radius 2 is 1.90 bits per heavy atom. The van der Waals surface area contributed by atoms with E-state index in [1.165, 1.54) is 26.4 Å². The van der Waals surface area contributed by atoms with Gasteiger partial charge in [0.2, 0.25) is 0 Å². The Kier molecular flexibility index (Phi) is 4.65. The minimum atomic E-state index is -0.693. The summed E-state index contributed by atoms with van der Waals surface area (Å²) in [5.41, 5.74) is 0.278. The zero-order chi connectivity index (χ0) is 15.4. The number of methoxy groups -OCH3 is 2. The fraction of sp³-hybridized carbons (Fsp3) is 0.133. The summed E-state index contributed by atoms with van der Waals surface area (Å²) in [5, 5.41) is 2.81. The number of hydrogen-bond acceptors (Lipinski definition) is 3. The number of halogens is 2. The van der Waals surface area contributed by atoms with Crippen molar-refractivity contribution in [2.45, 2.75) is 0 Å². The Morgan fingerprint density at radius 1 is 1.14 bits per heavy atom. The smallest absolute Gasteiger partial charge is 0.258 e. The summed E-state index contributed by atoms with van der Waals surface area (Å²) in [7, 11) is 2.98. The van der Waals surface area contributed by atoms with Crippen LogP contribution in [0.2, 0.25) is 5.02 Å². The first-order chi connectivity index (χ1) is 10.0. The Bertz CT molecular complexity index is 676. The van der Waals surface area contributed by atoms with E-state index in [2.05, 4.69) is 5.32 Å². The maximum absolute atomic E-state index is 13.7. The Balaban J connectivity index is 2.30. The predicted octanol–water partition coefficient (Wildman–Crippen LogP) is 3.75. The third-order valence-electron chi connectivity index (χ3n) is 2.83. The van der Waals surface area contributed by atoms with Gasteiger partial charge in [-0.1, -0.05) is 11.6 Å². The Hall–Kier alpha value is -2.27. The molecule has 0 radical (unpaired) electrons. The van der Waals surface area contributed by atoms with Gasteiger partial charge in [-0.2, -0.15) is 0 Å². The van der Waals surface area contributed by atoms with Gasteiger partial charge in [-0.3, -0.25) is 4.79 Å². The molecule has 0 aliphatic rings. The molecule has 1 N–H and O–H groups in total. The van der Waals surface area contributed by atoms with Gasteiger partial charge in [0.1, 0.15) is 17.3 Å². The van der Waals surface area contributed by atoms with Crippen molar-refractivity contribution in [3.63, 3.8) is 0 Å². The molecule has 0 aliphatic heterocycles. The maximum atomic E-state index is 13.7. The summed E-state index contributed by atoms with van der Waals surface area (Å²) < 4.78 is 24.0. The van der Waals surface area contributed by atoms with Crippen LogP contribution in [0.5, 0.6) is 11.5 Å². The van der Waals surface area contributed by atoms with E-state index in [1.807, 2.05) is 0 Å². The highest BCUT2D eigenvalue weighted by Gasteiger charge is 2.15. The van der Waals surface area contributed by atoms with Crippen LogP contribution in [-0.2, 0) is 0 Å². The molecule has 0 spiro atoms. The first-order valence-electron chi connectivity index (χ1n) is 6.03. The first-order valence-corrected chi connectivity index (χ1v) is 6.41. The second kappa shape index (κ2) is 6.45. The molecule has 4 nitrogen and oxygen atoms in total. The Morgan fingerprint density at radius 3 is 2.52 bits per heavy atom. The standard InChI is InChI=1S/C15H13ClFNO3/c1-20-10-4-6-14(21-2)13(8-10)18-15(19)11-5-3-9(16)7-12(11)17/h3-8H,1-2H3,(H,18,19). The van der Waals surface area contributed by atoms with Crippen LogP contribution in [0.15, 0.2) is 36.4 Å². The van der Waals surface area contributed by atoms with Crippen LogP contribution >= 0.6 is 11.6 Å². The molecule has 2 aromatic carbocycles. The third-order valence-corrected chi connectivity index (χ3v) is 3.07. The highest BCUT2D eigenvalue weighted by molar-refractivity contribution is 6.30. The molecule has 6 heteroatoms. The fourth-order valence-corrected chi connectivity index (χ4v) is 1.93. The normalized spacial score (nSPS) is 10.1. The van der Waals surface area contributed by atoms with Crippen LogP contribution in [0.3, 0.4) is 0 Å². The van der Waals surface area contributed by atoms with Crippen molar-refractivity contribution in [2.24, 2.45) is 0 Å². The summed E-state index contributed by atoms with van der Waals surface area (Å²) >= 11 is 5.66. The van der Waals surface area contributed by atoms with Gasteiger partial charge in [0.15, 0.2) is 0 Å². The molecule has 1 amide bonds. The van der Waals surface area contributed by atoms with Crippen LogP contribution < -0.4 is 14.8 Å². The Labute approximate surface area is 126 Å². The summed E-state index contributed by atoms with van der Waals surface area (Å²) in [4.78, 5) is 12.1. The molecule has 0 bridgehead atoms. The number of carbonyl (C=O) groups excluding carboxylic acids is 1. The quantitative estimate of drug-likeness (QED) is 0.935. The molecule has 0 aliphatic carbocycles. The zero-order valence-corrected chi connectivity index (χ0v) is 12.2. The molecule has 2 aromatic rings. The van der Waals surface area contributed by atoms with Crippen molar-refractivity contribution in [1.29, 1.82) is 0 Å². The van der Waals surface area contributed by atoms with Gasteiger partial charge >= 0.3 is 0 Å². The van der Waals surface area contributed by atoms with Crippen LogP contribution in [0.4, 0.5) is 10.1 Å². The van der Waals surface area contributed by atoms with Crippen molar-refractivity contribution in [1.82, 2.24) is 0 Å². The largest absolute Gasteiger partial charge is 0.497 e. The van der Waals surface area contributed by atoms with Crippen LogP contribution in [0.1, 0.15) is 10.4 Å². The van der Waals surface area contributed by atoms with E-state index in [0.717, 1.165) is 6.07 Å². The number of nitrogens with one attached hydrogen (secondary N) is 1. The van der Waals surface area contributed by atoms with Gasteiger partial charge in [-0.15, -0.1) is 0 Å². The van der Waals surface area contributed by atoms with Gasteiger partial charge in [-0.05, 0) is 30.3 Å². The van der Waals surface area contributed by atoms with Gasteiger partial charge < -0.3 is 14.8 Å². The van der Waals surface area contributed by atoms with E-state index in [1.54, 1.807) is 18.2 Å². The summed E-state index contributed by atoms with van der Waals surface area (Å²) in [6, 6.07) is 8.77. The summed E-state index contributed by atoms with van der Waals surface area (Å²) in [6.07, 6.45) is 0. The molecule has 0 heterocycles. The van der Waals surface area contributed by atoms with Gasteiger partial charge in [0.25, 0.3) is 5.91 Å². The first kappa shape index (κ1) is 15.1. The lowest BCUT2D eigenvalue weighted by Gasteiger charge is -2.12. The number of anilines is 1. The molecule has 0 fully saturated rings. The van der Waals surface area contributed by atoms with E-state index in [-0.39, 0.29) is 10.6 Å². The second-order valence-electron chi connectivity index (χ2n) is 4.14. The maximum Gasteiger partial charge on any atom is 0.258 e. The lowest BCUT2D eigenvalue weighted by atomic mass is 10.2. The van der Waals surface area contributed by atoms with E-state index in [0.29, 0.717) is 17.2 Å². The second-order valence-corrected chi connectivity index (χ2v) is 4.58. The number of hydrogen-bond donors (Lipinski definition) is 1. The minimum Gasteiger partial charge on any atom is -0.497 e. The lowest BCUT2D eigenvalue weighted by Crippen LogP contribution is -2.14. The van der Waals surface area contributed by atoms with Crippen LogP contribution in [0, 0.1) is 5.82 Å². The van der Waals surface area contributed by atoms with Gasteiger partial charge in [0, 0.05) is 11.1 Å². The highest BCUT2D eigenvalue weighted by atomic mass is 35.5. The molecule has 0 saturated carbocycles. The number of rotatable bonds is 4. The number of ether oxygens (including phenoxy) is 2. The molecular weight excluding hydrogens is 297 g/mol. The summed E-state index contributed by atoms with van der Waals surface area (Å²) in [5.74, 6) is -0.307. The predicted molar refractivity (Wildman–Crippen MR) is 78.9 cm³/mol. The summed E-state index contributed by atoms with van der Waals surface area (Å²) in [6.45, 7) is 0. The molecule has 0 unspecified atom stereocenters. The average Bonchev–Trinajstić information content (AvgIpc) is 2.46. The molecule has 110 valence electrons. The molecule has 0 saturated heterocycles. The van der Waals surface area contributed by atoms with E-state index >= 15 is 0 Å². The van der Waals surface area contributed by atoms with E-state index in [4.69, 9.17) is 21.1 Å². The third kappa shape index (κ3) is 3.44. The van der Waals surface area contributed by atoms with Crippen molar-refractivity contribution in [3.8, 4) is 11.5 Å². The topological polar surface area (TPSA) is 47.6 Å². The average molecular weight is 310 g/mol. The molecule has 21 heavy (non-hydrogen) atoms. The highest BCUT2D eigenvalue weighted by Crippen LogP contribution is 2.29. The SMILES string of the molecule is COc1ccc(OC)c(NC(=O)c2ccc(Cl)cc2F)c1. The van der Waals surface area contributed by atoms with Crippen molar-refractivity contribution >= 4 is 23.2 Å². The van der Waals surface area contributed by atoms with Crippen LogP contribution in [0.25, 0.3) is 0 Å². The van der Waals surface area contributed by atoms with Gasteiger partial charge in [-0.25, -0.2) is 4.39 Å². The number of benzene rings is 2. The minimum absolute atomic E-state index is 0.107. The van der Waals surface area contributed by atoms with E-state index in [9.17, 15) is 9.18 Å². The molecule has 0 atom stereocenters. The van der Waals surface area contributed by atoms with Crippen molar-refractivity contribution in [2.75, 3.05) is 19.5 Å². The fourth-order valence-electron chi connectivity index (χ4n) is 1.78. The monoisotopic (exact) mass is 309 g/mol. The van der Waals surface area contributed by atoms with Crippen molar-refractivity contribution in [3.05, 3.63) is 52.8 Å². The number of carbonyl (C=O) groups is 1. The zero-order valence-electron chi connectivity index (χ0n) is 11.4. The van der Waals surface area contributed by atoms with Gasteiger partial charge in [0.05, 0.1) is 25.5 Å². The lowest BCUT2D eigenvalue weighted by molar-refractivity contribution is 0.102. The van der Waals surface area contributed by atoms with E-state index < -0.39 is 11.7 Å². The van der Waals surface area contributed by atoms with Crippen LogP contribution in [-0.4, -0.2) is 20.1 Å². The number of amides is 1. The molecule has 0 aromatic heterocycles. The van der Waals surface area contributed by atoms with Crippen molar-refractivity contribution < 1.29 is 18.7 Å². The molecular formula is C15H13ClFNO3. The molecule has 2 rings (SSSR count).